The summed E-state index contributed by atoms with van der Waals surface area (Å²) in [6.45, 7) is 10.9. The molecule has 0 aromatic rings. The van der Waals surface area contributed by atoms with Gasteiger partial charge in [-0.1, -0.05) is 6.92 Å². The van der Waals surface area contributed by atoms with E-state index in [0.717, 1.165) is 19.6 Å². The molecule has 0 bridgehead atoms. The maximum Gasteiger partial charge on any atom is 0.0638 e. The number of likely N-dealkylation sites (N-methyl/N-ethyl adjacent to an activating group) is 1. The van der Waals surface area contributed by atoms with Crippen molar-refractivity contribution < 1.29 is 9.47 Å². The highest BCUT2D eigenvalue weighted by Gasteiger charge is 2.28. The summed E-state index contributed by atoms with van der Waals surface area (Å²) >= 11 is 0. The molecule has 0 heterocycles. The van der Waals surface area contributed by atoms with Crippen LogP contribution in [0.5, 0.6) is 0 Å². The molecule has 0 aromatic heterocycles. The molecule has 0 aliphatic rings. The van der Waals surface area contributed by atoms with E-state index in [1.165, 1.54) is 0 Å². The number of rotatable bonds is 9. The average molecular weight is 246 g/mol. The van der Waals surface area contributed by atoms with E-state index in [0.29, 0.717) is 18.6 Å². The molecule has 0 aliphatic heterocycles. The van der Waals surface area contributed by atoms with Crippen LogP contribution in [-0.2, 0) is 9.47 Å². The Bertz CT molecular complexity index is 198. The van der Waals surface area contributed by atoms with Gasteiger partial charge in [-0.05, 0) is 33.7 Å². The lowest BCUT2D eigenvalue weighted by atomic mass is 9.96. The van der Waals surface area contributed by atoms with Crippen LogP contribution in [0.25, 0.3) is 0 Å². The molecule has 2 N–H and O–H groups in total. The van der Waals surface area contributed by atoms with Crippen molar-refractivity contribution >= 4 is 0 Å². The van der Waals surface area contributed by atoms with Gasteiger partial charge in [0, 0.05) is 32.8 Å². The number of ether oxygens (including phenoxy) is 2. The summed E-state index contributed by atoms with van der Waals surface area (Å²) in [6, 6.07) is 0.714. The van der Waals surface area contributed by atoms with Gasteiger partial charge < -0.3 is 15.2 Å². The first-order chi connectivity index (χ1) is 7.91. The van der Waals surface area contributed by atoms with Gasteiger partial charge >= 0.3 is 0 Å². The highest BCUT2D eigenvalue weighted by molar-refractivity contribution is 4.83. The van der Waals surface area contributed by atoms with Crippen molar-refractivity contribution in [2.45, 2.75) is 51.8 Å². The lowest BCUT2D eigenvalue weighted by Crippen LogP contribution is -2.50. The molecule has 0 saturated heterocycles. The predicted octanol–water partition coefficient (Wildman–Crippen LogP) is 1.49. The van der Waals surface area contributed by atoms with Gasteiger partial charge in [0.05, 0.1) is 12.2 Å². The topological polar surface area (TPSA) is 47.7 Å². The van der Waals surface area contributed by atoms with Gasteiger partial charge in [0.2, 0.25) is 0 Å². The molecule has 4 nitrogen and oxygen atoms in total. The third-order valence-corrected chi connectivity index (χ3v) is 3.36. The van der Waals surface area contributed by atoms with Gasteiger partial charge in [0.25, 0.3) is 0 Å². The molecule has 0 spiro atoms. The van der Waals surface area contributed by atoms with Crippen molar-refractivity contribution in [3.63, 3.8) is 0 Å². The maximum absolute atomic E-state index is 5.91. The minimum Gasteiger partial charge on any atom is -0.383 e. The SMILES string of the molecule is CCN(C(C)COC)C(CN)CC(C)(C)OC. The van der Waals surface area contributed by atoms with Gasteiger partial charge in [0.15, 0.2) is 0 Å². The Morgan fingerprint density at radius 2 is 1.88 bits per heavy atom. The average Bonchev–Trinajstić information content (AvgIpc) is 2.29. The summed E-state index contributed by atoms with van der Waals surface area (Å²) in [7, 11) is 3.49. The van der Waals surface area contributed by atoms with Crippen molar-refractivity contribution in [3.8, 4) is 0 Å². The van der Waals surface area contributed by atoms with E-state index in [4.69, 9.17) is 15.2 Å². The van der Waals surface area contributed by atoms with Crippen LogP contribution in [0, 0.1) is 0 Å². The zero-order valence-corrected chi connectivity index (χ0v) is 12.3. The standard InChI is InChI=1S/C13H30N2O2/c1-7-15(11(2)10-16-5)12(9-14)8-13(3,4)17-6/h11-12H,7-10,14H2,1-6H3. The Balaban J connectivity index is 4.58. The van der Waals surface area contributed by atoms with Gasteiger partial charge in [-0.15, -0.1) is 0 Å². The van der Waals surface area contributed by atoms with Crippen LogP contribution in [0.2, 0.25) is 0 Å². The number of hydrogen-bond donors (Lipinski definition) is 1. The number of nitrogens with zero attached hydrogens (tertiary/aromatic N) is 1. The molecule has 0 fully saturated rings. The zero-order valence-electron chi connectivity index (χ0n) is 12.3. The Morgan fingerprint density at radius 1 is 1.29 bits per heavy atom. The molecule has 4 heteroatoms. The third kappa shape index (κ3) is 5.82. The molecule has 2 unspecified atom stereocenters. The van der Waals surface area contributed by atoms with E-state index in [1.807, 2.05) is 0 Å². The smallest absolute Gasteiger partial charge is 0.0638 e. The molecule has 0 amide bonds. The Labute approximate surface area is 106 Å². The van der Waals surface area contributed by atoms with Crippen LogP contribution in [-0.4, -0.2) is 56.5 Å². The quantitative estimate of drug-likeness (QED) is 0.669. The number of methoxy groups -OCH3 is 2. The summed E-state index contributed by atoms with van der Waals surface area (Å²) in [5.74, 6) is 0. The van der Waals surface area contributed by atoms with Crippen LogP contribution in [0.15, 0.2) is 0 Å². The normalized spacial score (nSPS) is 16.2. The Morgan fingerprint density at radius 3 is 2.24 bits per heavy atom. The summed E-state index contributed by atoms with van der Waals surface area (Å²) in [5, 5.41) is 0. The van der Waals surface area contributed by atoms with Gasteiger partial charge in [-0.3, -0.25) is 4.90 Å². The first kappa shape index (κ1) is 16.8. The molecule has 0 rings (SSSR count). The highest BCUT2D eigenvalue weighted by atomic mass is 16.5. The minimum absolute atomic E-state index is 0.135. The molecule has 104 valence electrons. The lowest BCUT2D eigenvalue weighted by Gasteiger charge is -2.38. The second-order valence-electron chi connectivity index (χ2n) is 5.19. The number of hydrogen-bond acceptors (Lipinski definition) is 4. The van der Waals surface area contributed by atoms with E-state index in [9.17, 15) is 0 Å². The number of nitrogens with two attached hydrogens (primary N) is 1. The highest BCUT2D eigenvalue weighted by Crippen LogP contribution is 2.20. The fraction of sp³-hybridized carbons (Fsp3) is 1.00. The molecule has 0 radical (unpaired) electrons. The molecule has 17 heavy (non-hydrogen) atoms. The van der Waals surface area contributed by atoms with E-state index < -0.39 is 0 Å². The van der Waals surface area contributed by atoms with Crippen molar-refractivity contribution in [3.05, 3.63) is 0 Å². The summed E-state index contributed by atoms with van der Waals surface area (Å²) in [6.07, 6.45) is 0.932. The fourth-order valence-corrected chi connectivity index (χ4v) is 2.25. The second-order valence-corrected chi connectivity index (χ2v) is 5.19. The van der Waals surface area contributed by atoms with E-state index >= 15 is 0 Å². The van der Waals surface area contributed by atoms with E-state index in [-0.39, 0.29) is 5.60 Å². The van der Waals surface area contributed by atoms with Crippen LogP contribution >= 0.6 is 0 Å². The van der Waals surface area contributed by atoms with Crippen LogP contribution in [0.1, 0.15) is 34.1 Å². The molecule has 0 aliphatic carbocycles. The Kier molecular flexibility index (Phi) is 7.96. The minimum atomic E-state index is -0.135. The second kappa shape index (κ2) is 8.03. The fourth-order valence-electron chi connectivity index (χ4n) is 2.25. The van der Waals surface area contributed by atoms with Crippen molar-refractivity contribution in [2.24, 2.45) is 5.73 Å². The summed E-state index contributed by atoms with van der Waals surface area (Å²) < 4.78 is 10.7. The maximum atomic E-state index is 5.91. The Hall–Kier alpha value is -0.160. The largest absolute Gasteiger partial charge is 0.383 e. The van der Waals surface area contributed by atoms with Crippen LogP contribution in [0.4, 0.5) is 0 Å². The van der Waals surface area contributed by atoms with Crippen molar-refractivity contribution in [1.82, 2.24) is 4.90 Å². The monoisotopic (exact) mass is 246 g/mol. The zero-order chi connectivity index (χ0) is 13.5. The van der Waals surface area contributed by atoms with Crippen LogP contribution < -0.4 is 5.73 Å². The summed E-state index contributed by atoms with van der Waals surface area (Å²) in [4.78, 5) is 2.39. The van der Waals surface area contributed by atoms with Crippen molar-refractivity contribution in [2.75, 3.05) is 33.9 Å². The van der Waals surface area contributed by atoms with Gasteiger partial charge in [-0.2, -0.15) is 0 Å². The van der Waals surface area contributed by atoms with Gasteiger partial charge in [0.1, 0.15) is 0 Å². The molecule has 0 aromatic carbocycles. The molecular formula is C13H30N2O2. The van der Waals surface area contributed by atoms with Crippen LogP contribution in [0.3, 0.4) is 0 Å². The predicted molar refractivity (Wildman–Crippen MR) is 72.3 cm³/mol. The first-order valence-electron chi connectivity index (χ1n) is 6.41. The summed E-state index contributed by atoms with van der Waals surface area (Å²) in [5.41, 5.74) is 5.77. The molecule has 2 atom stereocenters. The van der Waals surface area contributed by atoms with E-state index in [2.05, 4.69) is 32.6 Å². The van der Waals surface area contributed by atoms with Crippen molar-refractivity contribution in [1.29, 1.82) is 0 Å². The van der Waals surface area contributed by atoms with Gasteiger partial charge in [-0.25, -0.2) is 0 Å². The van der Waals surface area contributed by atoms with E-state index in [1.54, 1.807) is 14.2 Å². The lowest BCUT2D eigenvalue weighted by molar-refractivity contribution is -0.0182. The molecular weight excluding hydrogens is 216 g/mol. The third-order valence-electron chi connectivity index (χ3n) is 3.36. The molecule has 0 saturated carbocycles. The first-order valence-corrected chi connectivity index (χ1v) is 6.41.